The van der Waals surface area contributed by atoms with Gasteiger partial charge in [-0.1, -0.05) is 35.3 Å². The van der Waals surface area contributed by atoms with Crippen LogP contribution in [-0.4, -0.2) is 22.9 Å². The van der Waals surface area contributed by atoms with Gasteiger partial charge in [-0.05, 0) is 6.07 Å². The highest BCUT2D eigenvalue weighted by molar-refractivity contribution is 6.42. The second-order valence-electron chi connectivity index (χ2n) is 2.89. The van der Waals surface area contributed by atoms with Gasteiger partial charge in [0.25, 0.3) is 0 Å². The smallest absolute Gasteiger partial charge is 0.108 e. The molecule has 2 atom stereocenters. The minimum absolute atomic E-state index is 0.0377. The molecule has 0 spiro atoms. The summed E-state index contributed by atoms with van der Waals surface area (Å²) in [6, 6.07) is 4.85. The van der Waals surface area contributed by atoms with Crippen molar-refractivity contribution < 1.29 is 10.2 Å². The number of rotatable bonds is 3. The predicted molar refractivity (Wildman–Crippen MR) is 56.5 cm³/mol. The van der Waals surface area contributed by atoms with Gasteiger partial charge in [0.15, 0.2) is 0 Å². The first-order chi connectivity index (χ1) is 6.57. The van der Waals surface area contributed by atoms with Gasteiger partial charge in [0, 0.05) is 12.1 Å². The van der Waals surface area contributed by atoms with E-state index < -0.39 is 12.2 Å². The van der Waals surface area contributed by atoms with Crippen molar-refractivity contribution in [2.75, 3.05) is 6.54 Å². The quantitative estimate of drug-likeness (QED) is 0.742. The Morgan fingerprint density at radius 2 is 1.93 bits per heavy atom. The van der Waals surface area contributed by atoms with Crippen molar-refractivity contribution in [3.05, 3.63) is 33.8 Å². The SMILES string of the molecule is NCC(O)C(O)c1cccc(Cl)c1Cl. The Balaban J connectivity index is 3.01. The standard InChI is InChI=1S/C9H11Cl2NO2/c10-6-3-1-2-5(8(6)11)9(14)7(13)4-12/h1-3,7,9,13-14H,4,12H2. The Labute approximate surface area is 92.1 Å². The fraction of sp³-hybridized carbons (Fsp3) is 0.333. The van der Waals surface area contributed by atoms with Crippen LogP contribution in [0.2, 0.25) is 10.0 Å². The van der Waals surface area contributed by atoms with Gasteiger partial charge in [0.1, 0.15) is 6.10 Å². The molecule has 0 aromatic heterocycles. The average Bonchev–Trinajstić information content (AvgIpc) is 2.20. The molecular formula is C9H11Cl2NO2. The minimum atomic E-state index is -1.11. The number of aliphatic hydroxyl groups excluding tert-OH is 2. The topological polar surface area (TPSA) is 66.5 Å². The Morgan fingerprint density at radius 3 is 2.50 bits per heavy atom. The number of aliphatic hydroxyl groups is 2. The summed E-state index contributed by atoms with van der Waals surface area (Å²) in [7, 11) is 0. The van der Waals surface area contributed by atoms with Crippen LogP contribution in [0.3, 0.4) is 0 Å². The van der Waals surface area contributed by atoms with Crippen LogP contribution in [0.4, 0.5) is 0 Å². The summed E-state index contributed by atoms with van der Waals surface area (Å²) in [6.07, 6.45) is -2.14. The van der Waals surface area contributed by atoms with Crippen LogP contribution >= 0.6 is 23.2 Å². The molecule has 0 amide bonds. The van der Waals surface area contributed by atoms with Crippen molar-refractivity contribution in [2.45, 2.75) is 12.2 Å². The molecule has 4 N–H and O–H groups in total. The molecule has 0 saturated carbocycles. The highest BCUT2D eigenvalue weighted by atomic mass is 35.5. The molecule has 5 heteroatoms. The van der Waals surface area contributed by atoms with E-state index in [9.17, 15) is 10.2 Å². The lowest BCUT2D eigenvalue weighted by molar-refractivity contribution is 0.0244. The third-order valence-electron chi connectivity index (χ3n) is 1.91. The van der Waals surface area contributed by atoms with Crippen molar-refractivity contribution in [3.63, 3.8) is 0 Å². The van der Waals surface area contributed by atoms with Gasteiger partial charge in [-0.25, -0.2) is 0 Å². The second-order valence-corrected chi connectivity index (χ2v) is 3.68. The maximum atomic E-state index is 9.62. The van der Waals surface area contributed by atoms with Crippen LogP contribution in [0.1, 0.15) is 11.7 Å². The molecule has 0 fully saturated rings. The zero-order valence-corrected chi connectivity index (χ0v) is 8.83. The van der Waals surface area contributed by atoms with Crippen molar-refractivity contribution >= 4 is 23.2 Å². The van der Waals surface area contributed by atoms with Crippen molar-refractivity contribution in [2.24, 2.45) is 5.73 Å². The summed E-state index contributed by atoms with van der Waals surface area (Å²) in [6.45, 7) is -0.0377. The fourth-order valence-corrected chi connectivity index (χ4v) is 1.50. The zero-order chi connectivity index (χ0) is 10.7. The lowest BCUT2D eigenvalue weighted by Crippen LogP contribution is -2.27. The Kier molecular flexibility index (Phi) is 4.16. The lowest BCUT2D eigenvalue weighted by atomic mass is 10.0. The summed E-state index contributed by atoms with van der Waals surface area (Å²) >= 11 is 11.6. The summed E-state index contributed by atoms with van der Waals surface area (Å²) < 4.78 is 0. The van der Waals surface area contributed by atoms with Gasteiger partial charge in [-0.3, -0.25) is 0 Å². The molecule has 0 aliphatic heterocycles. The van der Waals surface area contributed by atoms with Crippen LogP contribution < -0.4 is 5.73 Å². The number of nitrogens with two attached hydrogens (primary N) is 1. The van der Waals surface area contributed by atoms with E-state index in [2.05, 4.69) is 0 Å². The van der Waals surface area contributed by atoms with Crippen LogP contribution in [0.5, 0.6) is 0 Å². The second kappa shape index (κ2) is 4.96. The van der Waals surface area contributed by atoms with Crippen molar-refractivity contribution in [1.29, 1.82) is 0 Å². The highest BCUT2D eigenvalue weighted by Gasteiger charge is 2.20. The van der Waals surface area contributed by atoms with E-state index in [1.54, 1.807) is 18.2 Å². The molecule has 1 aromatic rings. The molecule has 1 aromatic carbocycles. The van der Waals surface area contributed by atoms with E-state index in [-0.39, 0.29) is 11.6 Å². The molecule has 78 valence electrons. The molecule has 0 bridgehead atoms. The molecule has 14 heavy (non-hydrogen) atoms. The van der Waals surface area contributed by atoms with Crippen molar-refractivity contribution in [1.82, 2.24) is 0 Å². The molecular weight excluding hydrogens is 225 g/mol. The maximum Gasteiger partial charge on any atom is 0.108 e. The number of hydrogen-bond acceptors (Lipinski definition) is 3. The van der Waals surface area contributed by atoms with Crippen LogP contribution in [0, 0.1) is 0 Å². The Hall–Kier alpha value is -0.320. The Bertz CT molecular complexity index is 320. The number of halogens is 2. The average molecular weight is 236 g/mol. The summed E-state index contributed by atoms with van der Waals surface area (Å²) in [5.74, 6) is 0. The monoisotopic (exact) mass is 235 g/mol. The summed E-state index contributed by atoms with van der Waals surface area (Å²) in [4.78, 5) is 0. The van der Waals surface area contributed by atoms with E-state index in [0.29, 0.717) is 10.6 Å². The predicted octanol–water partition coefficient (Wildman–Crippen LogP) is 1.35. The third kappa shape index (κ3) is 2.38. The largest absolute Gasteiger partial charge is 0.389 e. The molecule has 1 rings (SSSR count). The van der Waals surface area contributed by atoms with E-state index >= 15 is 0 Å². The molecule has 2 unspecified atom stereocenters. The molecule has 0 radical (unpaired) electrons. The third-order valence-corrected chi connectivity index (χ3v) is 2.74. The molecule has 0 aliphatic carbocycles. The normalized spacial score (nSPS) is 15.2. The first kappa shape index (κ1) is 11.8. The van der Waals surface area contributed by atoms with Crippen LogP contribution in [-0.2, 0) is 0 Å². The van der Waals surface area contributed by atoms with Gasteiger partial charge in [-0.15, -0.1) is 0 Å². The number of benzene rings is 1. The fourth-order valence-electron chi connectivity index (χ4n) is 1.09. The summed E-state index contributed by atoms with van der Waals surface area (Å²) in [5.41, 5.74) is 5.60. The van der Waals surface area contributed by atoms with Crippen molar-refractivity contribution in [3.8, 4) is 0 Å². The number of hydrogen-bond donors (Lipinski definition) is 3. The summed E-state index contributed by atoms with van der Waals surface area (Å²) in [5, 5.41) is 19.5. The molecule has 3 nitrogen and oxygen atoms in total. The van der Waals surface area contributed by atoms with E-state index in [1.807, 2.05) is 0 Å². The minimum Gasteiger partial charge on any atom is -0.389 e. The first-order valence-electron chi connectivity index (χ1n) is 4.08. The highest BCUT2D eigenvalue weighted by Crippen LogP contribution is 2.30. The molecule has 0 aliphatic rings. The van der Waals surface area contributed by atoms with Gasteiger partial charge in [0.2, 0.25) is 0 Å². The zero-order valence-electron chi connectivity index (χ0n) is 7.32. The van der Waals surface area contributed by atoms with Gasteiger partial charge in [-0.2, -0.15) is 0 Å². The van der Waals surface area contributed by atoms with Crippen LogP contribution in [0.25, 0.3) is 0 Å². The molecule has 0 heterocycles. The van der Waals surface area contributed by atoms with Crippen LogP contribution in [0.15, 0.2) is 18.2 Å². The van der Waals surface area contributed by atoms with E-state index in [1.165, 1.54) is 0 Å². The van der Waals surface area contributed by atoms with Gasteiger partial charge in [0.05, 0.1) is 16.1 Å². The first-order valence-corrected chi connectivity index (χ1v) is 4.83. The maximum absolute atomic E-state index is 9.62. The molecule has 0 saturated heterocycles. The Morgan fingerprint density at radius 1 is 1.29 bits per heavy atom. The van der Waals surface area contributed by atoms with Gasteiger partial charge >= 0.3 is 0 Å². The lowest BCUT2D eigenvalue weighted by Gasteiger charge is -2.17. The van der Waals surface area contributed by atoms with E-state index in [4.69, 9.17) is 28.9 Å². The van der Waals surface area contributed by atoms with E-state index in [0.717, 1.165) is 0 Å². The van der Waals surface area contributed by atoms with Gasteiger partial charge < -0.3 is 15.9 Å².